The van der Waals surface area contributed by atoms with Gasteiger partial charge in [0.1, 0.15) is 5.75 Å². The van der Waals surface area contributed by atoms with Crippen LogP contribution in [0.2, 0.25) is 0 Å². The van der Waals surface area contributed by atoms with Gasteiger partial charge in [0, 0.05) is 0 Å². The summed E-state index contributed by atoms with van der Waals surface area (Å²) in [6.07, 6.45) is 0. The normalized spacial score (nSPS) is 9.09. The molecule has 0 aromatic heterocycles. The van der Waals surface area contributed by atoms with Crippen LogP contribution in [-0.2, 0) is 0 Å². The van der Waals surface area contributed by atoms with Crippen molar-refractivity contribution in [2.75, 3.05) is 0 Å². The van der Waals surface area contributed by atoms with Crippen molar-refractivity contribution in [1.82, 2.24) is 0 Å². The molecule has 11 heavy (non-hydrogen) atoms. The van der Waals surface area contributed by atoms with Crippen molar-refractivity contribution < 1.29 is 9.66 Å². The van der Waals surface area contributed by atoms with E-state index in [4.69, 9.17) is 0 Å². The predicted molar refractivity (Wildman–Crippen MR) is 38.4 cm³/mol. The third-order valence-corrected chi connectivity index (χ3v) is 1.02. The third-order valence-electron chi connectivity index (χ3n) is 1.02. The van der Waals surface area contributed by atoms with Gasteiger partial charge in [0.2, 0.25) is 0 Å². The summed E-state index contributed by atoms with van der Waals surface area (Å²) in [5.41, 5.74) is 0. The highest BCUT2D eigenvalue weighted by molar-refractivity contribution is 5.20. The van der Waals surface area contributed by atoms with Gasteiger partial charge >= 0.3 is 6.73 Å². The van der Waals surface area contributed by atoms with E-state index < -0.39 is 4.92 Å². The van der Waals surface area contributed by atoms with Gasteiger partial charge in [-0.1, -0.05) is 18.2 Å². The molecule has 57 valence electrons. The topological polar surface area (TPSA) is 52.4 Å². The number of ether oxygens (including phenoxy) is 1. The van der Waals surface area contributed by atoms with E-state index in [-0.39, 0.29) is 0 Å². The van der Waals surface area contributed by atoms with Gasteiger partial charge in [0.25, 0.3) is 0 Å². The molecule has 0 N–H and O–H groups in total. The third kappa shape index (κ3) is 2.66. The van der Waals surface area contributed by atoms with E-state index in [2.05, 4.69) is 4.74 Å². The van der Waals surface area contributed by atoms with Crippen LogP contribution < -0.4 is 4.74 Å². The van der Waals surface area contributed by atoms with Gasteiger partial charge in [-0.3, -0.25) is 10.1 Å². The first-order chi connectivity index (χ1) is 5.29. The molecule has 1 radical (unpaired) electrons. The molecule has 0 aliphatic heterocycles. The lowest BCUT2D eigenvalue weighted by atomic mass is 10.3. The highest BCUT2D eigenvalue weighted by Crippen LogP contribution is 2.08. The lowest BCUT2D eigenvalue weighted by Gasteiger charge is -1.96. The standard InChI is InChI=1S/C7H6NO3/c9-8(10)6-11-7-4-2-1-3-5-7/h1-6H. The van der Waals surface area contributed by atoms with Gasteiger partial charge in [-0.25, -0.2) is 0 Å². The van der Waals surface area contributed by atoms with Crippen LogP contribution in [0.4, 0.5) is 0 Å². The molecule has 0 atom stereocenters. The van der Waals surface area contributed by atoms with E-state index >= 15 is 0 Å². The number of nitrogens with zero attached hydrogens (tertiary/aromatic N) is 1. The summed E-state index contributed by atoms with van der Waals surface area (Å²) in [6.45, 7) is 0.551. The van der Waals surface area contributed by atoms with Crippen molar-refractivity contribution >= 4 is 0 Å². The molecule has 4 heteroatoms. The second kappa shape index (κ2) is 3.55. The molecule has 0 amide bonds. The predicted octanol–water partition coefficient (Wildman–Crippen LogP) is 1.46. The first kappa shape index (κ1) is 7.53. The van der Waals surface area contributed by atoms with E-state index in [1.807, 2.05) is 0 Å². The van der Waals surface area contributed by atoms with Gasteiger partial charge in [-0.15, -0.1) is 0 Å². The van der Waals surface area contributed by atoms with Crippen molar-refractivity contribution in [3.8, 4) is 5.75 Å². The minimum absolute atomic E-state index is 0.462. The van der Waals surface area contributed by atoms with E-state index in [0.29, 0.717) is 12.5 Å². The molecule has 0 aliphatic carbocycles. The van der Waals surface area contributed by atoms with Crippen molar-refractivity contribution in [3.63, 3.8) is 0 Å². The zero-order valence-electron chi connectivity index (χ0n) is 5.64. The molecule has 0 aliphatic rings. The van der Waals surface area contributed by atoms with Gasteiger partial charge in [0.15, 0.2) is 0 Å². The second-order valence-corrected chi connectivity index (χ2v) is 1.82. The SMILES string of the molecule is O=[N+]([O-])[CH]Oc1ccccc1. The summed E-state index contributed by atoms with van der Waals surface area (Å²) < 4.78 is 4.64. The van der Waals surface area contributed by atoms with E-state index in [1.165, 1.54) is 0 Å². The largest absolute Gasteiger partial charge is 0.460 e. The molecule has 0 saturated carbocycles. The minimum atomic E-state index is -0.646. The van der Waals surface area contributed by atoms with E-state index in [1.54, 1.807) is 30.3 Å². The molecule has 1 aromatic rings. The van der Waals surface area contributed by atoms with Gasteiger partial charge in [0.05, 0.1) is 4.92 Å². The molecule has 0 unspecified atom stereocenters. The zero-order chi connectivity index (χ0) is 8.10. The Bertz CT molecular complexity index is 235. The second-order valence-electron chi connectivity index (χ2n) is 1.82. The lowest BCUT2D eigenvalue weighted by molar-refractivity contribution is -0.465. The Labute approximate surface area is 63.6 Å². The Kier molecular flexibility index (Phi) is 2.43. The molecule has 0 fully saturated rings. The van der Waals surface area contributed by atoms with Gasteiger partial charge in [-0.05, 0) is 12.1 Å². The van der Waals surface area contributed by atoms with Crippen molar-refractivity contribution in [1.29, 1.82) is 0 Å². The average molecular weight is 152 g/mol. The molecular formula is C7H6NO3. The maximum absolute atomic E-state index is 9.80. The maximum atomic E-state index is 9.80. The Morgan fingerprint density at radius 1 is 1.36 bits per heavy atom. The van der Waals surface area contributed by atoms with Crippen LogP contribution in [0, 0.1) is 16.8 Å². The summed E-state index contributed by atoms with van der Waals surface area (Å²) >= 11 is 0. The number of rotatable bonds is 3. The highest BCUT2D eigenvalue weighted by atomic mass is 16.7. The van der Waals surface area contributed by atoms with Gasteiger partial charge in [-0.2, -0.15) is 0 Å². The average Bonchev–Trinajstić information content (AvgIpc) is 2.03. The van der Waals surface area contributed by atoms with Crippen LogP contribution in [0.1, 0.15) is 0 Å². The summed E-state index contributed by atoms with van der Waals surface area (Å²) in [6, 6.07) is 8.56. The van der Waals surface area contributed by atoms with Crippen LogP contribution >= 0.6 is 0 Å². The Hall–Kier alpha value is -1.58. The molecule has 0 spiro atoms. The van der Waals surface area contributed by atoms with E-state index in [0.717, 1.165) is 0 Å². The van der Waals surface area contributed by atoms with Crippen molar-refractivity contribution in [3.05, 3.63) is 47.2 Å². The fraction of sp³-hybridized carbons (Fsp3) is 0. The zero-order valence-corrected chi connectivity index (χ0v) is 5.64. The van der Waals surface area contributed by atoms with Crippen LogP contribution in [-0.4, -0.2) is 4.92 Å². The minimum Gasteiger partial charge on any atom is -0.422 e. The highest BCUT2D eigenvalue weighted by Gasteiger charge is 1.99. The Balaban J connectivity index is 2.45. The summed E-state index contributed by atoms with van der Waals surface area (Å²) in [5.74, 6) is 0.462. The summed E-state index contributed by atoms with van der Waals surface area (Å²) in [7, 11) is 0. The Morgan fingerprint density at radius 2 is 2.00 bits per heavy atom. The molecule has 0 bridgehead atoms. The molecule has 1 aromatic carbocycles. The van der Waals surface area contributed by atoms with Crippen LogP contribution in [0.3, 0.4) is 0 Å². The first-order valence-corrected chi connectivity index (χ1v) is 2.97. The Morgan fingerprint density at radius 3 is 2.55 bits per heavy atom. The van der Waals surface area contributed by atoms with E-state index in [9.17, 15) is 10.1 Å². The first-order valence-electron chi connectivity index (χ1n) is 2.97. The van der Waals surface area contributed by atoms with Crippen LogP contribution in [0.25, 0.3) is 0 Å². The maximum Gasteiger partial charge on any atom is 0.460 e. The molecule has 1 rings (SSSR count). The number of benzene rings is 1. The monoisotopic (exact) mass is 152 g/mol. The lowest BCUT2D eigenvalue weighted by Crippen LogP contribution is -2.00. The molecule has 4 nitrogen and oxygen atoms in total. The molecule has 0 saturated heterocycles. The van der Waals surface area contributed by atoms with Crippen LogP contribution in [0.5, 0.6) is 5.75 Å². The summed E-state index contributed by atoms with van der Waals surface area (Å²) in [4.78, 5) is 9.15. The summed E-state index contributed by atoms with van der Waals surface area (Å²) in [5, 5.41) is 9.80. The fourth-order valence-electron chi connectivity index (χ4n) is 0.603. The van der Waals surface area contributed by atoms with Crippen molar-refractivity contribution in [2.24, 2.45) is 0 Å². The molecule has 0 heterocycles. The molecular weight excluding hydrogens is 146 g/mol. The van der Waals surface area contributed by atoms with Gasteiger partial charge < -0.3 is 4.74 Å². The number of nitro groups is 1. The number of hydrogen-bond donors (Lipinski definition) is 0. The van der Waals surface area contributed by atoms with Crippen LogP contribution in [0.15, 0.2) is 30.3 Å². The smallest absolute Gasteiger partial charge is 0.422 e. The fourth-order valence-corrected chi connectivity index (χ4v) is 0.603. The quantitative estimate of drug-likeness (QED) is 0.486. The van der Waals surface area contributed by atoms with Crippen molar-refractivity contribution in [2.45, 2.75) is 0 Å². The number of hydrogen-bond acceptors (Lipinski definition) is 3. The number of para-hydroxylation sites is 1.